The van der Waals surface area contributed by atoms with E-state index in [9.17, 15) is 4.79 Å². The lowest BCUT2D eigenvalue weighted by molar-refractivity contribution is 0.0999. The number of methoxy groups -OCH3 is 1. The first-order valence-electron chi connectivity index (χ1n) is 5.68. The van der Waals surface area contributed by atoms with Crippen molar-refractivity contribution in [3.63, 3.8) is 0 Å². The van der Waals surface area contributed by atoms with Crippen LogP contribution in [0.25, 0.3) is 11.1 Å². The van der Waals surface area contributed by atoms with Gasteiger partial charge in [0.25, 0.3) is 0 Å². The van der Waals surface area contributed by atoms with Crippen molar-refractivity contribution in [2.24, 2.45) is 5.73 Å². The molecule has 0 aliphatic heterocycles. The zero-order valence-electron chi connectivity index (χ0n) is 10.4. The van der Waals surface area contributed by atoms with Gasteiger partial charge in [0.15, 0.2) is 0 Å². The fraction of sp³-hybridized carbons (Fsp3) is 0.133. The van der Waals surface area contributed by atoms with E-state index in [1.807, 2.05) is 37.3 Å². The zero-order valence-corrected chi connectivity index (χ0v) is 10.4. The molecule has 1 amide bonds. The molecule has 0 bridgehead atoms. The molecule has 0 fully saturated rings. The minimum atomic E-state index is -0.424. The van der Waals surface area contributed by atoms with Gasteiger partial charge in [0.2, 0.25) is 5.91 Å². The summed E-state index contributed by atoms with van der Waals surface area (Å²) in [5.74, 6) is 0.316. The van der Waals surface area contributed by atoms with Crippen molar-refractivity contribution in [1.82, 2.24) is 0 Å². The standard InChI is InChI=1S/C15H15NO2/c1-10-12(15(16)17)8-9-13(18-2)14(10)11-6-4-3-5-7-11/h3-9H,1-2H3,(H2,16,17). The van der Waals surface area contributed by atoms with Gasteiger partial charge in [-0.3, -0.25) is 4.79 Å². The first kappa shape index (κ1) is 12.2. The smallest absolute Gasteiger partial charge is 0.248 e. The Bertz CT molecular complexity index is 577. The van der Waals surface area contributed by atoms with Crippen molar-refractivity contribution in [3.8, 4) is 16.9 Å². The maximum atomic E-state index is 11.4. The number of primary amides is 1. The highest BCUT2D eigenvalue weighted by Gasteiger charge is 2.14. The largest absolute Gasteiger partial charge is 0.496 e. The number of hydrogen-bond acceptors (Lipinski definition) is 2. The molecule has 92 valence electrons. The minimum Gasteiger partial charge on any atom is -0.496 e. The number of nitrogens with two attached hydrogens (primary N) is 1. The third-order valence-electron chi connectivity index (χ3n) is 2.97. The molecule has 3 nitrogen and oxygen atoms in total. The molecule has 0 aromatic heterocycles. The van der Waals surface area contributed by atoms with Crippen LogP contribution in [0.2, 0.25) is 0 Å². The Balaban J connectivity index is 2.71. The summed E-state index contributed by atoms with van der Waals surface area (Å²) in [4.78, 5) is 11.4. The van der Waals surface area contributed by atoms with Crippen molar-refractivity contribution in [2.75, 3.05) is 7.11 Å². The lowest BCUT2D eigenvalue weighted by Gasteiger charge is -2.14. The number of carbonyl (C=O) groups excluding carboxylic acids is 1. The molecule has 2 aromatic rings. The fourth-order valence-corrected chi connectivity index (χ4v) is 2.09. The number of rotatable bonds is 3. The van der Waals surface area contributed by atoms with Gasteiger partial charge in [-0.1, -0.05) is 30.3 Å². The van der Waals surface area contributed by atoms with E-state index >= 15 is 0 Å². The predicted molar refractivity (Wildman–Crippen MR) is 71.7 cm³/mol. The van der Waals surface area contributed by atoms with Gasteiger partial charge >= 0.3 is 0 Å². The second kappa shape index (κ2) is 4.92. The molecule has 0 aliphatic rings. The topological polar surface area (TPSA) is 52.3 Å². The fourth-order valence-electron chi connectivity index (χ4n) is 2.09. The van der Waals surface area contributed by atoms with Gasteiger partial charge in [0.1, 0.15) is 5.75 Å². The molecular formula is C15H15NO2. The van der Waals surface area contributed by atoms with Crippen LogP contribution in [0.4, 0.5) is 0 Å². The summed E-state index contributed by atoms with van der Waals surface area (Å²) in [6.07, 6.45) is 0. The Hall–Kier alpha value is -2.29. The van der Waals surface area contributed by atoms with Gasteiger partial charge < -0.3 is 10.5 Å². The Morgan fingerprint density at radius 1 is 1.11 bits per heavy atom. The van der Waals surface area contributed by atoms with E-state index in [0.29, 0.717) is 5.56 Å². The Morgan fingerprint density at radius 3 is 2.33 bits per heavy atom. The van der Waals surface area contributed by atoms with E-state index in [0.717, 1.165) is 22.4 Å². The van der Waals surface area contributed by atoms with Crippen LogP contribution in [0, 0.1) is 6.92 Å². The Labute approximate surface area is 106 Å². The molecular weight excluding hydrogens is 226 g/mol. The van der Waals surface area contributed by atoms with Gasteiger partial charge in [-0.25, -0.2) is 0 Å². The van der Waals surface area contributed by atoms with Crippen LogP contribution in [0.5, 0.6) is 5.75 Å². The number of benzene rings is 2. The van der Waals surface area contributed by atoms with Gasteiger partial charge in [0.05, 0.1) is 7.11 Å². The van der Waals surface area contributed by atoms with E-state index in [1.54, 1.807) is 19.2 Å². The lowest BCUT2D eigenvalue weighted by atomic mass is 9.95. The van der Waals surface area contributed by atoms with Crippen molar-refractivity contribution in [1.29, 1.82) is 0 Å². The second-order valence-corrected chi connectivity index (χ2v) is 4.05. The zero-order chi connectivity index (χ0) is 13.1. The third kappa shape index (κ3) is 2.07. The molecule has 2 rings (SSSR count). The number of carbonyl (C=O) groups is 1. The van der Waals surface area contributed by atoms with Crippen LogP contribution < -0.4 is 10.5 Å². The minimum absolute atomic E-state index is 0.424. The van der Waals surface area contributed by atoms with Crippen LogP contribution in [-0.2, 0) is 0 Å². The summed E-state index contributed by atoms with van der Waals surface area (Å²) in [5.41, 5.74) is 8.66. The molecule has 18 heavy (non-hydrogen) atoms. The highest BCUT2D eigenvalue weighted by Crippen LogP contribution is 2.34. The summed E-state index contributed by atoms with van der Waals surface area (Å²) in [6.45, 7) is 1.88. The van der Waals surface area contributed by atoms with Crippen LogP contribution in [0.3, 0.4) is 0 Å². The summed E-state index contributed by atoms with van der Waals surface area (Å²) in [7, 11) is 1.62. The predicted octanol–water partition coefficient (Wildman–Crippen LogP) is 2.77. The van der Waals surface area contributed by atoms with Crippen LogP contribution >= 0.6 is 0 Å². The molecule has 0 aliphatic carbocycles. The molecule has 0 spiro atoms. The van der Waals surface area contributed by atoms with Gasteiger partial charge in [-0.2, -0.15) is 0 Å². The molecule has 0 heterocycles. The second-order valence-electron chi connectivity index (χ2n) is 4.05. The van der Waals surface area contributed by atoms with E-state index in [2.05, 4.69) is 0 Å². The molecule has 2 N–H and O–H groups in total. The van der Waals surface area contributed by atoms with E-state index in [-0.39, 0.29) is 0 Å². The summed E-state index contributed by atoms with van der Waals surface area (Å²) in [5, 5.41) is 0. The van der Waals surface area contributed by atoms with Crippen LogP contribution in [-0.4, -0.2) is 13.0 Å². The molecule has 3 heteroatoms. The van der Waals surface area contributed by atoms with Gasteiger partial charge in [-0.15, -0.1) is 0 Å². The van der Waals surface area contributed by atoms with Crippen LogP contribution in [0.15, 0.2) is 42.5 Å². The molecule has 0 saturated carbocycles. The number of hydrogen-bond donors (Lipinski definition) is 1. The quantitative estimate of drug-likeness (QED) is 0.898. The Morgan fingerprint density at radius 2 is 1.78 bits per heavy atom. The summed E-state index contributed by atoms with van der Waals surface area (Å²) >= 11 is 0. The summed E-state index contributed by atoms with van der Waals surface area (Å²) in [6, 6.07) is 13.3. The SMILES string of the molecule is COc1ccc(C(N)=O)c(C)c1-c1ccccc1. The highest BCUT2D eigenvalue weighted by molar-refractivity contribution is 5.97. The van der Waals surface area contributed by atoms with Crippen molar-refractivity contribution in [3.05, 3.63) is 53.6 Å². The van der Waals surface area contributed by atoms with Crippen molar-refractivity contribution < 1.29 is 9.53 Å². The van der Waals surface area contributed by atoms with E-state index in [4.69, 9.17) is 10.5 Å². The lowest BCUT2D eigenvalue weighted by Crippen LogP contribution is -2.13. The van der Waals surface area contributed by atoms with Crippen molar-refractivity contribution in [2.45, 2.75) is 6.92 Å². The molecule has 2 aromatic carbocycles. The number of amides is 1. The normalized spacial score (nSPS) is 10.1. The van der Waals surface area contributed by atoms with Gasteiger partial charge in [0, 0.05) is 11.1 Å². The van der Waals surface area contributed by atoms with Crippen LogP contribution in [0.1, 0.15) is 15.9 Å². The highest BCUT2D eigenvalue weighted by atomic mass is 16.5. The summed E-state index contributed by atoms with van der Waals surface area (Å²) < 4.78 is 5.36. The number of ether oxygens (including phenoxy) is 1. The van der Waals surface area contributed by atoms with E-state index < -0.39 is 5.91 Å². The monoisotopic (exact) mass is 241 g/mol. The molecule has 0 radical (unpaired) electrons. The Kier molecular flexibility index (Phi) is 3.33. The molecule has 0 atom stereocenters. The first-order valence-corrected chi connectivity index (χ1v) is 5.68. The maximum Gasteiger partial charge on any atom is 0.248 e. The maximum absolute atomic E-state index is 11.4. The molecule has 0 saturated heterocycles. The van der Waals surface area contributed by atoms with Gasteiger partial charge in [-0.05, 0) is 30.2 Å². The third-order valence-corrected chi connectivity index (χ3v) is 2.97. The molecule has 0 unspecified atom stereocenters. The average molecular weight is 241 g/mol. The van der Waals surface area contributed by atoms with E-state index in [1.165, 1.54) is 0 Å². The first-order chi connectivity index (χ1) is 8.65. The van der Waals surface area contributed by atoms with Crippen molar-refractivity contribution >= 4 is 5.91 Å². The average Bonchev–Trinajstić information content (AvgIpc) is 2.38.